The van der Waals surface area contributed by atoms with E-state index in [9.17, 15) is 0 Å². The van der Waals surface area contributed by atoms with E-state index in [2.05, 4.69) is 35.9 Å². The zero-order valence-electron chi connectivity index (χ0n) is 10.2. The van der Waals surface area contributed by atoms with E-state index in [4.69, 9.17) is 11.5 Å². The summed E-state index contributed by atoms with van der Waals surface area (Å²) < 4.78 is 0. The summed E-state index contributed by atoms with van der Waals surface area (Å²) in [4.78, 5) is 8.39. The summed E-state index contributed by atoms with van der Waals surface area (Å²) in [5, 5.41) is 16.7. The number of nitrogen functional groups attached to an aromatic ring is 1. The molecule has 0 bridgehead atoms. The summed E-state index contributed by atoms with van der Waals surface area (Å²) in [5.41, 5.74) is 12.4. The van der Waals surface area contributed by atoms with Crippen LogP contribution in [-0.4, -0.2) is 36.6 Å². The van der Waals surface area contributed by atoms with Gasteiger partial charge in [0, 0.05) is 18.0 Å². The van der Waals surface area contributed by atoms with Crippen molar-refractivity contribution in [3.8, 4) is 0 Å². The minimum absolute atomic E-state index is 0.258. The molecule has 100 valence electrons. The van der Waals surface area contributed by atoms with Gasteiger partial charge in [-0.1, -0.05) is 5.21 Å². The number of hydrogen-bond acceptors (Lipinski definition) is 8. The Bertz CT molecular complexity index is 546. The van der Waals surface area contributed by atoms with Crippen molar-refractivity contribution in [1.82, 2.24) is 30.6 Å². The molecule has 1 saturated carbocycles. The van der Waals surface area contributed by atoms with Gasteiger partial charge in [-0.2, -0.15) is 10.2 Å². The van der Waals surface area contributed by atoms with Crippen molar-refractivity contribution >= 4 is 11.8 Å². The summed E-state index contributed by atoms with van der Waals surface area (Å²) in [6.45, 7) is 0.427. The van der Waals surface area contributed by atoms with Gasteiger partial charge in [-0.15, -0.1) is 10.2 Å². The highest BCUT2D eigenvalue weighted by Crippen LogP contribution is 2.35. The summed E-state index contributed by atoms with van der Waals surface area (Å²) >= 11 is 0. The van der Waals surface area contributed by atoms with Gasteiger partial charge in [-0.05, 0) is 12.8 Å². The molecular weight excluding hydrogens is 246 g/mol. The molecule has 0 spiro atoms. The van der Waals surface area contributed by atoms with Gasteiger partial charge in [0.25, 0.3) is 0 Å². The smallest absolute Gasteiger partial charge is 0.222 e. The molecule has 0 aliphatic heterocycles. The predicted octanol–water partition coefficient (Wildman–Crippen LogP) is -0.611. The number of aromatic nitrogens is 6. The Hall–Kier alpha value is -2.29. The number of aromatic amines is 1. The number of anilines is 2. The minimum Gasteiger partial charge on any atom is -0.368 e. The molecular formula is C10H15N9. The monoisotopic (exact) mass is 261 g/mol. The molecule has 9 nitrogen and oxygen atoms in total. The fourth-order valence-electron chi connectivity index (χ4n) is 2.12. The van der Waals surface area contributed by atoms with E-state index in [1.165, 1.54) is 0 Å². The molecule has 2 heterocycles. The lowest BCUT2D eigenvalue weighted by Gasteiger charge is -2.32. The lowest BCUT2D eigenvalue weighted by Crippen LogP contribution is -2.35. The average molecular weight is 261 g/mol. The van der Waals surface area contributed by atoms with E-state index in [0.29, 0.717) is 24.1 Å². The normalized spacial score (nSPS) is 21.9. The molecule has 0 saturated heterocycles. The van der Waals surface area contributed by atoms with Crippen molar-refractivity contribution in [3.63, 3.8) is 0 Å². The van der Waals surface area contributed by atoms with Crippen LogP contribution in [0.4, 0.5) is 11.8 Å². The summed E-state index contributed by atoms with van der Waals surface area (Å²) in [6.07, 6.45) is 1.89. The van der Waals surface area contributed by atoms with Gasteiger partial charge < -0.3 is 16.8 Å². The number of nitrogens with zero attached hydrogens (tertiary/aromatic N) is 5. The lowest BCUT2D eigenvalue weighted by molar-refractivity contribution is 0.345. The molecule has 0 radical (unpaired) electrons. The number of H-pyrrole nitrogens is 1. The van der Waals surface area contributed by atoms with Crippen LogP contribution in [0.5, 0.6) is 0 Å². The highest BCUT2D eigenvalue weighted by molar-refractivity contribution is 5.42. The third kappa shape index (κ3) is 2.60. The van der Waals surface area contributed by atoms with Crippen LogP contribution >= 0.6 is 0 Å². The third-order valence-corrected chi connectivity index (χ3v) is 3.17. The molecule has 2 aromatic rings. The Morgan fingerprint density at radius 3 is 2.89 bits per heavy atom. The summed E-state index contributed by atoms with van der Waals surface area (Å²) in [6, 6.07) is 2.17. The molecule has 0 aromatic carbocycles. The van der Waals surface area contributed by atoms with Crippen LogP contribution in [-0.2, 0) is 6.54 Å². The number of nitrogens with one attached hydrogen (secondary N) is 2. The lowest BCUT2D eigenvalue weighted by atomic mass is 9.78. The maximum atomic E-state index is 5.79. The molecule has 9 heteroatoms. The zero-order valence-corrected chi connectivity index (χ0v) is 10.2. The van der Waals surface area contributed by atoms with Crippen molar-refractivity contribution < 1.29 is 0 Å². The van der Waals surface area contributed by atoms with E-state index in [1.54, 1.807) is 0 Å². The number of tetrazole rings is 1. The summed E-state index contributed by atoms with van der Waals surface area (Å²) in [5.74, 6) is 1.86. The fraction of sp³-hybridized carbons (Fsp3) is 0.500. The van der Waals surface area contributed by atoms with Gasteiger partial charge in [-0.25, -0.2) is 4.98 Å². The average Bonchev–Trinajstić information content (AvgIpc) is 2.85. The largest absolute Gasteiger partial charge is 0.368 e. The Morgan fingerprint density at radius 2 is 2.21 bits per heavy atom. The number of nitrogens with two attached hydrogens (primary N) is 2. The van der Waals surface area contributed by atoms with Crippen molar-refractivity contribution in [2.45, 2.75) is 31.3 Å². The van der Waals surface area contributed by atoms with Gasteiger partial charge in [0.05, 0.1) is 12.2 Å². The standard InChI is InChI=1S/C10H15N9/c11-6-1-5(2-6)7-3-8(15-10(12)14-7)13-4-9-16-18-19-17-9/h3,5-6H,1-2,4,11H2,(H3,12,13,14,15)(H,16,17,18,19). The highest BCUT2D eigenvalue weighted by atomic mass is 15.5. The van der Waals surface area contributed by atoms with Crippen LogP contribution in [0.25, 0.3) is 0 Å². The Morgan fingerprint density at radius 1 is 1.37 bits per heavy atom. The first kappa shape index (κ1) is 11.8. The topological polar surface area (TPSA) is 144 Å². The fourth-order valence-corrected chi connectivity index (χ4v) is 2.12. The van der Waals surface area contributed by atoms with Crippen molar-refractivity contribution in [3.05, 3.63) is 17.6 Å². The molecule has 0 amide bonds. The van der Waals surface area contributed by atoms with Crippen molar-refractivity contribution in [2.75, 3.05) is 11.1 Å². The zero-order chi connectivity index (χ0) is 13.2. The Labute approximate surface area is 109 Å². The summed E-state index contributed by atoms with van der Waals surface area (Å²) in [7, 11) is 0. The first-order valence-electron chi connectivity index (χ1n) is 6.07. The molecule has 0 unspecified atom stereocenters. The van der Waals surface area contributed by atoms with Crippen molar-refractivity contribution in [1.29, 1.82) is 0 Å². The van der Waals surface area contributed by atoms with Crippen LogP contribution < -0.4 is 16.8 Å². The highest BCUT2D eigenvalue weighted by Gasteiger charge is 2.29. The SMILES string of the molecule is Nc1nc(NCc2nn[nH]n2)cc(C2CC(N)C2)n1. The third-order valence-electron chi connectivity index (χ3n) is 3.17. The molecule has 6 N–H and O–H groups in total. The molecule has 1 fully saturated rings. The Kier molecular flexibility index (Phi) is 2.95. The van der Waals surface area contributed by atoms with E-state index in [-0.39, 0.29) is 12.0 Å². The molecule has 3 rings (SSSR count). The van der Waals surface area contributed by atoms with E-state index < -0.39 is 0 Å². The van der Waals surface area contributed by atoms with Gasteiger partial charge in [-0.3, -0.25) is 0 Å². The molecule has 0 atom stereocenters. The second-order valence-corrected chi connectivity index (χ2v) is 4.65. The molecule has 19 heavy (non-hydrogen) atoms. The first-order chi connectivity index (χ1) is 9.20. The molecule has 1 aliphatic carbocycles. The van der Waals surface area contributed by atoms with Crippen LogP contribution in [0.15, 0.2) is 6.07 Å². The first-order valence-corrected chi connectivity index (χ1v) is 6.07. The van der Waals surface area contributed by atoms with Gasteiger partial charge in [0.2, 0.25) is 5.95 Å². The van der Waals surface area contributed by atoms with Crippen molar-refractivity contribution in [2.24, 2.45) is 5.73 Å². The Balaban J connectivity index is 1.70. The van der Waals surface area contributed by atoms with E-state index in [1.807, 2.05) is 6.07 Å². The van der Waals surface area contributed by atoms with Crippen LogP contribution in [0.2, 0.25) is 0 Å². The van der Waals surface area contributed by atoms with Crippen LogP contribution in [0, 0.1) is 0 Å². The van der Waals surface area contributed by atoms with Gasteiger partial charge in [0.15, 0.2) is 5.82 Å². The second-order valence-electron chi connectivity index (χ2n) is 4.65. The van der Waals surface area contributed by atoms with Gasteiger partial charge in [0.1, 0.15) is 5.82 Å². The molecule has 2 aromatic heterocycles. The van der Waals surface area contributed by atoms with E-state index in [0.717, 1.165) is 18.5 Å². The van der Waals surface area contributed by atoms with Crippen LogP contribution in [0.1, 0.15) is 30.3 Å². The maximum Gasteiger partial charge on any atom is 0.222 e. The molecule has 1 aliphatic rings. The quantitative estimate of drug-likeness (QED) is 0.570. The maximum absolute atomic E-state index is 5.79. The van der Waals surface area contributed by atoms with Crippen LogP contribution in [0.3, 0.4) is 0 Å². The predicted molar refractivity (Wildman–Crippen MR) is 67.9 cm³/mol. The van der Waals surface area contributed by atoms with E-state index >= 15 is 0 Å². The second kappa shape index (κ2) is 4.76. The minimum atomic E-state index is 0.258. The number of hydrogen-bond donors (Lipinski definition) is 4. The van der Waals surface area contributed by atoms with Gasteiger partial charge >= 0.3 is 0 Å². The number of rotatable bonds is 4.